The van der Waals surface area contributed by atoms with Gasteiger partial charge >= 0.3 is 0 Å². The van der Waals surface area contributed by atoms with E-state index in [-0.39, 0.29) is 29.8 Å². The summed E-state index contributed by atoms with van der Waals surface area (Å²) in [6.45, 7) is 10.1. The molecule has 2 atom stereocenters. The first-order chi connectivity index (χ1) is 7.38. The Hall–Kier alpha value is -0.280. The number of amides is 1. The molecule has 1 aliphatic heterocycles. The number of hydrogen-bond acceptors (Lipinski definition) is 2. The maximum absolute atomic E-state index is 12.2. The van der Waals surface area contributed by atoms with Gasteiger partial charge in [-0.2, -0.15) is 0 Å². The van der Waals surface area contributed by atoms with Crippen LogP contribution in [0.5, 0.6) is 0 Å². The second-order valence-electron chi connectivity index (χ2n) is 5.83. The molecule has 1 amide bonds. The topological polar surface area (TPSA) is 46.3 Å². The SMILES string of the molecule is CCCC(C)C(=O)N1CCC(N)C(C)(C)C1.Cl. The molecular weight excluding hydrogens is 236 g/mol. The van der Waals surface area contributed by atoms with Gasteiger partial charge in [-0.15, -0.1) is 12.4 Å². The Balaban J connectivity index is 0.00000256. The molecule has 1 heterocycles. The van der Waals surface area contributed by atoms with Gasteiger partial charge in [0.1, 0.15) is 0 Å². The van der Waals surface area contributed by atoms with Crippen molar-refractivity contribution in [3.05, 3.63) is 0 Å². The molecule has 0 bridgehead atoms. The third kappa shape index (κ3) is 4.14. The van der Waals surface area contributed by atoms with Crippen LogP contribution in [0.25, 0.3) is 0 Å². The van der Waals surface area contributed by atoms with E-state index in [4.69, 9.17) is 5.73 Å². The minimum absolute atomic E-state index is 0. The number of hydrogen-bond donors (Lipinski definition) is 1. The minimum atomic E-state index is 0. The van der Waals surface area contributed by atoms with Crippen LogP contribution in [0.3, 0.4) is 0 Å². The average Bonchev–Trinajstić information content (AvgIpc) is 2.21. The summed E-state index contributed by atoms with van der Waals surface area (Å²) >= 11 is 0. The predicted octanol–water partition coefficient (Wildman–Crippen LogP) is 2.43. The highest BCUT2D eigenvalue weighted by Gasteiger charge is 2.36. The number of halogens is 1. The van der Waals surface area contributed by atoms with Crippen molar-refractivity contribution >= 4 is 18.3 Å². The van der Waals surface area contributed by atoms with Gasteiger partial charge in [-0.25, -0.2) is 0 Å². The van der Waals surface area contributed by atoms with Gasteiger partial charge in [0.2, 0.25) is 5.91 Å². The average molecular weight is 263 g/mol. The lowest BCUT2D eigenvalue weighted by atomic mass is 9.79. The molecule has 1 rings (SSSR count). The number of piperidine rings is 1. The first-order valence-corrected chi connectivity index (χ1v) is 6.43. The summed E-state index contributed by atoms with van der Waals surface area (Å²) < 4.78 is 0. The van der Waals surface area contributed by atoms with Crippen LogP contribution in [0.15, 0.2) is 0 Å². The van der Waals surface area contributed by atoms with E-state index < -0.39 is 0 Å². The summed E-state index contributed by atoms with van der Waals surface area (Å²) in [5.41, 5.74) is 6.13. The molecule has 17 heavy (non-hydrogen) atoms. The van der Waals surface area contributed by atoms with Gasteiger partial charge in [-0.05, 0) is 18.3 Å². The summed E-state index contributed by atoms with van der Waals surface area (Å²) in [4.78, 5) is 14.2. The third-order valence-electron chi connectivity index (χ3n) is 3.77. The van der Waals surface area contributed by atoms with Crippen LogP contribution in [-0.2, 0) is 4.79 Å². The molecule has 1 fully saturated rings. The molecule has 2 N–H and O–H groups in total. The lowest BCUT2D eigenvalue weighted by Gasteiger charge is -2.43. The van der Waals surface area contributed by atoms with E-state index in [9.17, 15) is 4.79 Å². The monoisotopic (exact) mass is 262 g/mol. The van der Waals surface area contributed by atoms with E-state index in [1.54, 1.807) is 0 Å². The Morgan fingerprint density at radius 2 is 2.12 bits per heavy atom. The predicted molar refractivity (Wildman–Crippen MR) is 74.3 cm³/mol. The molecule has 102 valence electrons. The lowest BCUT2D eigenvalue weighted by molar-refractivity contribution is -0.138. The van der Waals surface area contributed by atoms with Crippen LogP contribution < -0.4 is 5.73 Å². The van der Waals surface area contributed by atoms with E-state index in [1.807, 2.05) is 11.8 Å². The fraction of sp³-hybridized carbons (Fsp3) is 0.923. The van der Waals surface area contributed by atoms with Crippen LogP contribution >= 0.6 is 12.4 Å². The van der Waals surface area contributed by atoms with Crippen molar-refractivity contribution in [2.45, 2.75) is 53.0 Å². The molecule has 1 saturated heterocycles. The standard InChI is InChI=1S/C13H26N2O.ClH/c1-5-6-10(2)12(16)15-8-7-11(14)13(3,4)9-15;/h10-11H,5-9,14H2,1-4H3;1H. The molecule has 3 nitrogen and oxygen atoms in total. The highest BCUT2D eigenvalue weighted by Crippen LogP contribution is 2.28. The first-order valence-electron chi connectivity index (χ1n) is 6.43. The summed E-state index contributed by atoms with van der Waals surface area (Å²) in [5, 5.41) is 0. The second kappa shape index (κ2) is 6.60. The van der Waals surface area contributed by atoms with Gasteiger partial charge in [0.15, 0.2) is 0 Å². The zero-order chi connectivity index (χ0) is 12.3. The van der Waals surface area contributed by atoms with Crippen molar-refractivity contribution in [1.29, 1.82) is 0 Å². The van der Waals surface area contributed by atoms with Crippen LogP contribution in [0.2, 0.25) is 0 Å². The summed E-state index contributed by atoms with van der Waals surface area (Å²) in [5.74, 6) is 0.469. The van der Waals surface area contributed by atoms with Gasteiger partial charge in [-0.1, -0.05) is 34.1 Å². The van der Waals surface area contributed by atoms with Crippen LogP contribution in [0, 0.1) is 11.3 Å². The van der Waals surface area contributed by atoms with Gasteiger partial charge in [-0.3, -0.25) is 4.79 Å². The third-order valence-corrected chi connectivity index (χ3v) is 3.77. The zero-order valence-corrected chi connectivity index (χ0v) is 12.3. The Morgan fingerprint density at radius 1 is 1.53 bits per heavy atom. The molecule has 0 radical (unpaired) electrons. The van der Waals surface area contributed by atoms with E-state index in [0.29, 0.717) is 5.91 Å². The van der Waals surface area contributed by atoms with E-state index >= 15 is 0 Å². The molecule has 0 aromatic heterocycles. The number of nitrogens with zero attached hydrogens (tertiary/aromatic N) is 1. The highest BCUT2D eigenvalue weighted by atomic mass is 35.5. The summed E-state index contributed by atoms with van der Waals surface area (Å²) in [6, 6.07) is 0.220. The normalized spacial score (nSPS) is 25.0. The van der Waals surface area contributed by atoms with Crippen molar-refractivity contribution in [2.24, 2.45) is 17.1 Å². The summed E-state index contributed by atoms with van der Waals surface area (Å²) in [7, 11) is 0. The summed E-state index contributed by atoms with van der Waals surface area (Å²) in [6.07, 6.45) is 2.99. The molecule has 0 aromatic carbocycles. The molecule has 1 aliphatic rings. The molecule has 4 heteroatoms. The number of carbonyl (C=O) groups is 1. The first kappa shape index (κ1) is 16.7. The Morgan fingerprint density at radius 3 is 2.59 bits per heavy atom. The molecule has 0 saturated carbocycles. The number of likely N-dealkylation sites (tertiary alicyclic amines) is 1. The lowest BCUT2D eigenvalue weighted by Crippen LogP contribution is -2.54. The van der Waals surface area contributed by atoms with Crippen LogP contribution in [-0.4, -0.2) is 29.9 Å². The van der Waals surface area contributed by atoms with Gasteiger partial charge in [0.25, 0.3) is 0 Å². The van der Waals surface area contributed by atoms with Crippen molar-refractivity contribution < 1.29 is 4.79 Å². The Labute approximate surface area is 112 Å². The Kier molecular flexibility index (Phi) is 6.49. The largest absolute Gasteiger partial charge is 0.342 e. The highest BCUT2D eigenvalue weighted by molar-refractivity contribution is 5.85. The van der Waals surface area contributed by atoms with Gasteiger partial charge in [0, 0.05) is 25.0 Å². The second-order valence-corrected chi connectivity index (χ2v) is 5.83. The van der Waals surface area contributed by atoms with Gasteiger partial charge < -0.3 is 10.6 Å². The molecule has 0 aliphatic carbocycles. The van der Waals surface area contributed by atoms with E-state index in [1.165, 1.54) is 0 Å². The van der Waals surface area contributed by atoms with E-state index in [2.05, 4.69) is 20.8 Å². The molecular formula is C13H27ClN2O. The maximum Gasteiger partial charge on any atom is 0.225 e. The minimum Gasteiger partial charge on any atom is -0.342 e. The number of carbonyl (C=O) groups excluding carboxylic acids is 1. The number of rotatable bonds is 3. The van der Waals surface area contributed by atoms with Crippen molar-refractivity contribution in [1.82, 2.24) is 4.90 Å². The van der Waals surface area contributed by atoms with Crippen molar-refractivity contribution in [2.75, 3.05) is 13.1 Å². The molecule has 0 spiro atoms. The van der Waals surface area contributed by atoms with Crippen molar-refractivity contribution in [3.8, 4) is 0 Å². The fourth-order valence-corrected chi connectivity index (χ4v) is 2.43. The molecule has 2 unspecified atom stereocenters. The Bertz CT molecular complexity index is 256. The van der Waals surface area contributed by atoms with Crippen molar-refractivity contribution in [3.63, 3.8) is 0 Å². The van der Waals surface area contributed by atoms with E-state index in [0.717, 1.165) is 32.4 Å². The van der Waals surface area contributed by atoms with Crippen LogP contribution in [0.1, 0.15) is 47.0 Å². The number of nitrogens with two attached hydrogens (primary N) is 1. The maximum atomic E-state index is 12.2. The quantitative estimate of drug-likeness (QED) is 0.849. The smallest absolute Gasteiger partial charge is 0.225 e. The van der Waals surface area contributed by atoms with Crippen LogP contribution in [0.4, 0.5) is 0 Å². The molecule has 0 aromatic rings. The fourth-order valence-electron chi connectivity index (χ4n) is 2.43. The zero-order valence-electron chi connectivity index (χ0n) is 11.5. The van der Waals surface area contributed by atoms with Gasteiger partial charge in [0.05, 0.1) is 0 Å².